The Morgan fingerprint density at radius 1 is 0.800 bits per heavy atom. The third-order valence-corrected chi connectivity index (χ3v) is 17.3. The van der Waals surface area contributed by atoms with Gasteiger partial charge in [-0.15, -0.1) is 0 Å². The second kappa shape index (κ2) is 16.2. The first-order chi connectivity index (χ1) is 30.5. The summed E-state index contributed by atoms with van der Waals surface area (Å²) in [6.07, 6.45) is -9.32. The number of aliphatic hydroxyl groups is 3. The van der Waals surface area contributed by atoms with E-state index in [2.05, 4.69) is 5.32 Å². The predicted molar refractivity (Wildman–Crippen MR) is 229 cm³/mol. The lowest BCUT2D eigenvalue weighted by molar-refractivity contribution is -0.355. The molecule has 11 unspecified atom stereocenters. The van der Waals surface area contributed by atoms with E-state index in [1.54, 1.807) is 92.7 Å². The van der Waals surface area contributed by atoms with E-state index in [0.29, 0.717) is 5.56 Å². The Hall–Kier alpha value is -5.46. The highest BCUT2D eigenvalue weighted by molar-refractivity contribution is 7.92. The Balaban J connectivity index is 1.32. The highest BCUT2D eigenvalue weighted by Crippen LogP contribution is 2.71. The summed E-state index contributed by atoms with van der Waals surface area (Å²) < 4.78 is 60.1. The molecule has 16 nitrogen and oxygen atoms in total. The minimum absolute atomic E-state index is 0.0296. The fourth-order valence-electron chi connectivity index (χ4n) is 11.7. The number of hydrogen-bond acceptors (Lipinski definition) is 15. The molecule has 2 heterocycles. The zero-order chi connectivity index (χ0) is 47.1. The number of aliphatic hydroxyl groups excluding tert-OH is 1. The Kier molecular flexibility index (Phi) is 11.5. The molecule has 17 heteroatoms. The molecule has 2 saturated heterocycles. The third-order valence-electron chi connectivity index (χ3n) is 14.9. The van der Waals surface area contributed by atoms with E-state index in [9.17, 15) is 47.7 Å². The second-order valence-corrected chi connectivity index (χ2v) is 20.9. The molecular weight excluding hydrogens is 863 g/mol. The summed E-state index contributed by atoms with van der Waals surface area (Å²) in [6.45, 7) is 7.93. The number of ether oxygens (including phenoxy) is 5. The minimum atomic E-state index is -4.37. The van der Waals surface area contributed by atoms with Crippen LogP contribution in [0, 0.1) is 16.7 Å². The summed E-state index contributed by atoms with van der Waals surface area (Å²) in [6, 6.07) is 22.8. The van der Waals surface area contributed by atoms with Crippen molar-refractivity contribution in [2.45, 2.75) is 113 Å². The average molecular weight is 916 g/mol. The van der Waals surface area contributed by atoms with Crippen LogP contribution < -0.4 is 5.32 Å². The molecule has 0 radical (unpaired) electrons. The van der Waals surface area contributed by atoms with Gasteiger partial charge in [0.1, 0.15) is 29.5 Å². The molecule has 346 valence electrons. The van der Waals surface area contributed by atoms with Crippen molar-refractivity contribution in [3.63, 3.8) is 0 Å². The summed E-state index contributed by atoms with van der Waals surface area (Å²) in [7, 11) is -4.37. The van der Waals surface area contributed by atoms with Gasteiger partial charge in [-0.2, -0.15) is 0 Å². The standard InChI is InChI=1S/C48H53NO15S/c1-26-32(62-43(55)37(52)36(29-16-10-7-11-17-29)49-41(53)30-18-12-8-13-19-30)23-47(56)40(63-42(54)31-20-14-9-15-21-31)38-45(6)34(22-33-46(38,24-60-33)64-28(3)51)65(58,59)25-48(45,57)39(61-27(2)50)35(26)44(47,4)5/h7-21,32-34,36-40,52,56-57H,22-25H2,1-6H3,(H,49,53)/t32?,33?,34?,36?,37?,38?,39?,40?,45-,46?,47?,48?/m1/s1. The average Bonchev–Trinajstić information content (AvgIpc) is 3.41. The van der Waals surface area contributed by atoms with Crippen LogP contribution in [0.2, 0.25) is 0 Å². The number of benzene rings is 3. The lowest BCUT2D eigenvalue weighted by Gasteiger charge is -2.69. The summed E-state index contributed by atoms with van der Waals surface area (Å²) >= 11 is 0. The van der Waals surface area contributed by atoms with Gasteiger partial charge in [0.15, 0.2) is 27.6 Å². The van der Waals surface area contributed by atoms with E-state index in [1.807, 2.05) is 0 Å². The summed E-state index contributed by atoms with van der Waals surface area (Å²) in [4.78, 5) is 68.9. The first-order valence-corrected chi connectivity index (χ1v) is 23.2. The molecule has 1 amide bonds. The number of hydrogen-bond donors (Lipinski definition) is 4. The number of carbonyl (C=O) groups excluding carboxylic acids is 5. The van der Waals surface area contributed by atoms with Crippen LogP contribution in [0.5, 0.6) is 0 Å². The van der Waals surface area contributed by atoms with Crippen LogP contribution >= 0.6 is 0 Å². The van der Waals surface area contributed by atoms with Crippen molar-refractivity contribution >= 4 is 39.6 Å². The van der Waals surface area contributed by atoms with Crippen molar-refractivity contribution < 1.29 is 71.4 Å². The van der Waals surface area contributed by atoms with Gasteiger partial charge >= 0.3 is 23.9 Å². The molecule has 2 bridgehead atoms. The van der Waals surface area contributed by atoms with Gasteiger partial charge in [0.05, 0.1) is 35.1 Å². The van der Waals surface area contributed by atoms with Gasteiger partial charge in [0.25, 0.3) is 5.91 Å². The fourth-order valence-corrected chi connectivity index (χ4v) is 14.5. The molecule has 8 rings (SSSR count). The number of sulfone groups is 1. The normalized spacial score (nSPS) is 34.7. The Bertz CT molecular complexity index is 2550. The maximum Gasteiger partial charge on any atom is 0.338 e. The first kappa shape index (κ1) is 46.1. The quantitative estimate of drug-likeness (QED) is 0.130. The van der Waals surface area contributed by atoms with E-state index in [0.717, 1.165) is 13.8 Å². The first-order valence-electron chi connectivity index (χ1n) is 21.4. The number of fused-ring (bicyclic) bond motifs is 4. The molecule has 5 aliphatic rings. The minimum Gasteiger partial charge on any atom is -0.456 e. The Morgan fingerprint density at radius 3 is 1.94 bits per heavy atom. The monoisotopic (exact) mass is 915 g/mol. The van der Waals surface area contributed by atoms with Gasteiger partial charge in [-0.25, -0.2) is 18.0 Å². The number of nitrogens with one attached hydrogen (secondary N) is 1. The Labute approximate surface area is 376 Å². The zero-order valence-corrected chi connectivity index (χ0v) is 37.6. The van der Waals surface area contributed by atoms with E-state index in [-0.39, 0.29) is 35.3 Å². The SMILES string of the molecule is CC(=O)OC1C2=C(C)C(OC(=O)C(O)C(NC(=O)c3ccccc3)c3ccccc3)CC(O)(C(OC(=O)c3ccccc3)C3C4(OC(C)=O)COC4CC4[C@@]3(C)C1(O)CS4(=O)=O)C2(C)C. The number of rotatable bonds is 10. The van der Waals surface area contributed by atoms with Crippen LogP contribution in [0.4, 0.5) is 0 Å². The molecule has 4 fully saturated rings. The van der Waals surface area contributed by atoms with Crippen LogP contribution in [0.1, 0.15) is 86.7 Å². The maximum atomic E-state index is 14.6. The molecular formula is C48H53NO15S. The molecule has 3 aliphatic carbocycles. The van der Waals surface area contributed by atoms with Gasteiger partial charge in [0, 0.05) is 36.7 Å². The third kappa shape index (κ3) is 7.08. The molecule has 0 aromatic heterocycles. The molecule has 3 aromatic carbocycles. The van der Waals surface area contributed by atoms with Gasteiger partial charge in [-0.05, 0) is 54.3 Å². The highest BCUT2D eigenvalue weighted by atomic mass is 32.2. The van der Waals surface area contributed by atoms with Crippen molar-refractivity contribution in [2.24, 2.45) is 16.7 Å². The lowest BCUT2D eigenvalue weighted by atomic mass is 9.42. The van der Waals surface area contributed by atoms with Crippen LogP contribution in [-0.4, -0.2) is 118 Å². The van der Waals surface area contributed by atoms with Gasteiger partial charge < -0.3 is 44.3 Å². The number of amides is 1. The van der Waals surface area contributed by atoms with Crippen molar-refractivity contribution in [1.82, 2.24) is 5.32 Å². The van der Waals surface area contributed by atoms with Crippen LogP contribution in [0.25, 0.3) is 0 Å². The van der Waals surface area contributed by atoms with Gasteiger partial charge in [-0.1, -0.05) is 87.5 Å². The molecule has 65 heavy (non-hydrogen) atoms. The van der Waals surface area contributed by atoms with E-state index >= 15 is 0 Å². The summed E-state index contributed by atoms with van der Waals surface area (Å²) in [5.41, 5.74) is -9.88. The van der Waals surface area contributed by atoms with E-state index in [4.69, 9.17) is 23.7 Å². The van der Waals surface area contributed by atoms with Crippen molar-refractivity contribution in [3.05, 3.63) is 119 Å². The van der Waals surface area contributed by atoms with E-state index in [1.165, 1.54) is 26.0 Å². The smallest absolute Gasteiger partial charge is 0.338 e. The molecule has 2 aliphatic heterocycles. The van der Waals surface area contributed by atoms with Crippen LogP contribution in [0.3, 0.4) is 0 Å². The lowest BCUT2D eigenvalue weighted by Crippen LogP contribution is -2.83. The number of carbonyl (C=O) groups is 5. The fraction of sp³-hybridized carbons (Fsp3) is 0.479. The Morgan fingerprint density at radius 2 is 1.38 bits per heavy atom. The van der Waals surface area contributed by atoms with Crippen LogP contribution in [0.15, 0.2) is 102 Å². The molecule has 12 atom stereocenters. The molecule has 3 aromatic rings. The predicted octanol–water partition coefficient (Wildman–Crippen LogP) is 3.33. The topological polar surface area (TPSA) is 238 Å². The van der Waals surface area contributed by atoms with Crippen LogP contribution in [-0.2, 0) is 47.9 Å². The van der Waals surface area contributed by atoms with Gasteiger partial charge in [0.2, 0.25) is 0 Å². The second-order valence-electron chi connectivity index (χ2n) is 18.7. The summed E-state index contributed by atoms with van der Waals surface area (Å²) in [5.74, 6) is -7.14. The van der Waals surface area contributed by atoms with Crippen molar-refractivity contribution in [1.29, 1.82) is 0 Å². The number of esters is 4. The van der Waals surface area contributed by atoms with E-state index < -0.39 is 127 Å². The molecule has 0 spiro atoms. The molecule has 2 saturated carbocycles. The van der Waals surface area contributed by atoms with Crippen molar-refractivity contribution in [2.75, 3.05) is 12.4 Å². The maximum absolute atomic E-state index is 14.6. The largest absolute Gasteiger partial charge is 0.456 e. The zero-order valence-electron chi connectivity index (χ0n) is 36.8. The summed E-state index contributed by atoms with van der Waals surface area (Å²) in [5, 5.41) is 40.6. The highest BCUT2D eigenvalue weighted by Gasteiger charge is 2.85. The molecule has 4 N–H and O–H groups in total. The van der Waals surface area contributed by atoms with Gasteiger partial charge in [-0.3, -0.25) is 14.4 Å². The van der Waals surface area contributed by atoms with Crippen molar-refractivity contribution in [3.8, 4) is 0 Å².